The lowest BCUT2D eigenvalue weighted by atomic mass is 9.96. The predicted molar refractivity (Wildman–Crippen MR) is 107 cm³/mol. The molecule has 2 aromatic carbocycles. The van der Waals surface area contributed by atoms with Gasteiger partial charge in [0.25, 0.3) is 5.91 Å². The Bertz CT molecular complexity index is 886. The van der Waals surface area contributed by atoms with E-state index in [1.54, 1.807) is 26.8 Å². The lowest BCUT2D eigenvalue weighted by Gasteiger charge is -2.19. The fraction of sp³-hybridized carbons (Fsp3) is 0.364. The molecule has 0 spiro atoms. The molecule has 1 aliphatic carbocycles. The number of amides is 2. The van der Waals surface area contributed by atoms with Gasteiger partial charge in [-0.25, -0.2) is 4.79 Å². The standard InChI is InChI=1S/C22H26N2O4/c1-22(2,3)28-21(27)24-12-11-23-20(26)17-10-6-9-16-18(13-25)14-7-4-5-8-15(14)19(16)17/h4-10,18,25H,11-13H2,1-3H3,(H,23,26)(H,24,27). The van der Waals surface area contributed by atoms with Crippen molar-refractivity contribution in [2.24, 2.45) is 0 Å². The number of aliphatic hydroxyl groups excluding tert-OH is 1. The van der Waals surface area contributed by atoms with Gasteiger partial charge in [-0.2, -0.15) is 0 Å². The molecule has 1 unspecified atom stereocenters. The quantitative estimate of drug-likeness (QED) is 0.694. The fourth-order valence-electron chi connectivity index (χ4n) is 3.49. The van der Waals surface area contributed by atoms with Crippen LogP contribution in [0.2, 0.25) is 0 Å². The van der Waals surface area contributed by atoms with Gasteiger partial charge in [0.2, 0.25) is 0 Å². The van der Waals surface area contributed by atoms with E-state index in [1.807, 2.05) is 36.4 Å². The summed E-state index contributed by atoms with van der Waals surface area (Å²) in [4.78, 5) is 24.4. The summed E-state index contributed by atoms with van der Waals surface area (Å²) in [7, 11) is 0. The van der Waals surface area contributed by atoms with Gasteiger partial charge in [-0.05, 0) is 49.1 Å². The highest BCUT2D eigenvalue weighted by atomic mass is 16.6. The summed E-state index contributed by atoms with van der Waals surface area (Å²) in [5.74, 6) is -0.330. The molecular formula is C22H26N2O4. The van der Waals surface area contributed by atoms with Crippen LogP contribution >= 0.6 is 0 Å². The molecule has 1 aliphatic rings. The number of aliphatic hydroxyl groups is 1. The molecular weight excluding hydrogens is 356 g/mol. The van der Waals surface area contributed by atoms with E-state index in [-0.39, 0.29) is 31.5 Å². The van der Waals surface area contributed by atoms with Crippen molar-refractivity contribution < 1.29 is 19.4 Å². The van der Waals surface area contributed by atoms with Crippen LogP contribution < -0.4 is 10.6 Å². The molecule has 2 aromatic rings. The second-order valence-electron chi connectivity index (χ2n) is 7.78. The van der Waals surface area contributed by atoms with Gasteiger partial charge in [-0.15, -0.1) is 0 Å². The Morgan fingerprint density at radius 1 is 1.00 bits per heavy atom. The van der Waals surface area contributed by atoms with Crippen molar-refractivity contribution in [3.8, 4) is 11.1 Å². The number of benzene rings is 2. The van der Waals surface area contributed by atoms with E-state index >= 15 is 0 Å². The number of carbonyl (C=O) groups is 2. The van der Waals surface area contributed by atoms with Crippen molar-refractivity contribution >= 4 is 12.0 Å². The molecule has 0 fully saturated rings. The first kappa shape index (κ1) is 19.9. The Labute approximate surface area is 164 Å². The Hall–Kier alpha value is -2.86. The van der Waals surface area contributed by atoms with Crippen molar-refractivity contribution in [3.05, 3.63) is 59.2 Å². The zero-order chi connectivity index (χ0) is 20.3. The van der Waals surface area contributed by atoms with Gasteiger partial charge in [0.05, 0.1) is 6.61 Å². The SMILES string of the molecule is CC(C)(C)OC(=O)NCCNC(=O)c1cccc2c1-c1ccccc1C2CO. The lowest BCUT2D eigenvalue weighted by molar-refractivity contribution is 0.0526. The van der Waals surface area contributed by atoms with E-state index in [1.165, 1.54) is 0 Å². The minimum atomic E-state index is -0.561. The molecule has 0 bridgehead atoms. The molecule has 0 radical (unpaired) electrons. The van der Waals surface area contributed by atoms with Crippen LogP contribution in [0.1, 0.15) is 48.2 Å². The zero-order valence-corrected chi connectivity index (χ0v) is 16.4. The number of rotatable bonds is 5. The number of fused-ring (bicyclic) bond motifs is 3. The first-order valence-corrected chi connectivity index (χ1v) is 9.40. The number of hydrogen-bond acceptors (Lipinski definition) is 4. The molecule has 0 saturated carbocycles. The van der Waals surface area contributed by atoms with Crippen LogP contribution in [0, 0.1) is 0 Å². The Morgan fingerprint density at radius 3 is 2.39 bits per heavy atom. The highest BCUT2D eigenvalue weighted by Gasteiger charge is 2.31. The van der Waals surface area contributed by atoms with Gasteiger partial charge < -0.3 is 20.5 Å². The molecule has 3 N–H and O–H groups in total. The third kappa shape index (κ3) is 4.17. The van der Waals surface area contributed by atoms with Crippen molar-refractivity contribution in [1.82, 2.24) is 10.6 Å². The average molecular weight is 382 g/mol. The molecule has 1 atom stereocenters. The van der Waals surface area contributed by atoms with Crippen LogP contribution in [-0.2, 0) is 4.74 Å². The third-order valence-corrected chi connectivity index (χ3v) is 4.58. The van der Waals surface area contributed by atoms with Gasteiger partial charge in [0.1, 0.15) is 5.60 Å². The minimum Gasteiger partial charge on any atom is -0.444 e. The van der Waals surface area contributed by atoms with E-state index < -0.39 is 11.7 Å². The van der Waals surface area contributed by atoms with E-state index in [2.05, 4.69) is 10.6 Å². The summed E-state index contributed by atoms with van der Waals surface area (Å²) in [5, 5.41) is 15.3. The second-order valence-corrected chi connectivity index (χ2v) is 7.78. The van der Waals surface area contributed by atoms with Gasteiger partial charge >= 0.3 is 6.09 Å². The minimum absolute atomic E-state index is 0.00507. The lowest BCUT2D eigenvalue weighted by Crippen LogP contribution is -2.38. The zero-order valence-electron chi connectivity index (χ0n) is 16.4. The summed E-state index contributed by atoms with van der Waals surface area (Å²) < 4.78 is 5.17. The Morgan fingerprint density at radius 2 is 1.68 bits per heavy atom. The third-order valence-electron chi connectivity index (χ3n) is 4.58. The van der Waals surface area contributed by atoms with Gasteiger partial charge in [-0.1, -0.05) is 36.4 Å². The molecule has 0 aliphatic heterocycles. The molecule has 0 saturated heterocycles. The average Bonchev–Trinajstić information content (AvgIpc) is 2.97. The van der Waals surface area contributed by atoms with Crippen LogP contribution in [0.15, 0.2) is 42.5 Å². The van der Waals surface area contributed by atoms with E-state index in [4.69, 9.17) is 4.74 Å². The molecule has 6 nitrogen and oxygen atoms in total. The van der Waals surface area contributed by atoms with Gasteiger partial charge in [-0.3, -0.25) is 4.79 Å². The molecule has 0 aromatic heterocycles. The summed E-state index contributed by atoms with van der Waals surface area (Å²) in [6, 6.07) is 13.4. The van der Waals surface area contributed by atoms with Crippen molar-refractivity contribution in [2.45, 2.75) is 32.3 Å². The van der Waals surface area contributed by atoms with Crippen molar-refractivity contribution in [3.63, 3.8) is 0 Å². The monoisotopic (exact) mass is 382 g/mol. The number of alkyl carbamates (subject to hydrolysis) is 1. The molecule has 3 rings (SSSR count). The van der Waals surface area contributed by atoms with Crippen molar-refractivity contribution in [2.75, 3.05) is 19.7 Å². The van der Waals surface area contributed by atoms with Crippen LogP contribution in [0.25, 0.3) is 11.1 Å². The topological polar surface area (TPSA) is 87.7 Å². The van der Waals surface area contributed by atoms with E-state index in [9.17, 15) is 14.7 Å². The van der Waals surface area contributed by atoms with Crippen molar-refractivity contribution in [1.29, 1.82) is 0 Å². The highest BCUT2D eigenvalue weighted by Crippen LogP contribution is 2.45. The highest BCUT2D eigenvalue weighted by molar-refractivity contribution is 6.03. The summed E-state index contributed by atoms with van der Waals surface area (Å²) in [6.45, 7) is 5.93. The van der Waals surface area contributed by atoms with E-state index in [0.29, 0.717) is 5.56 Å². The molecule has 0 heterocycles. The maximum Gasteiger partial charge on any atom is 0.407 e. The predicted octanol–water partition coefficient (Wildman–Crippen LogP) is 3.05. The van der Waals surface area contributed by atoms with Crippen LogP contribution in [0.3, 0.4) is 0 Å². The second kappa shape index (κ2) is 8.02. The van der Waals surface area contributed by atoms with Gasteiger partial charge in [0, 0.05) is 24.6 Å². The van der Waals surface area contributed by atoms with Gasteiger partial charge in [0.15, 0.2) is 0 Å². The van der Waals surface area contributed by atoms with Crippen LogP contribution in [-0.4, -0.2) is 42.4 Å². The molecule has 28 heavy (non-hydrogen) atoms. The summed E-state index contributed by atoms with van der Waals surface area (Å²) in [6.07, 6.45) is -0.512. The first-order valence-electron chi connectivity index (χ1n) is 9.40. The number of ether oxygens (including phenoxy) is 1. The van der Waals surface area contributed by atoms with Crippen LogP contribution in [0.5, 0.6) is 0 Å². The normalized spacial score (nSPS) is 14.8. The maximum atomic E-state index is 12.8. The summed E-state index contributed by atoms with van der Waals surface area (Å²) >= 11 is 0. The van der Waals surface area contributed by atoms with Crippen LogP contribution in [0.4, 0.5) is 4.79 Å². The summed E-state index contributed by atoms with van der Waals surface area (Å²) in [5.41, 5.74) is 3.85. The number of hydrogen-bond donors (Lipinski definition) is 3. The first-order chi connectivity index (χ1) is 13.3. The number of carbonyl (C=O) groups excluding carboxylic acids is 2. The largest absolute Gasteiger partial charge is 0.444 e. The molecule has 148 valence electrons. The Balaban J connectivity index is 1.69. The maximum absolute atomic E-state index is 12.8. The molecule has 2 amide bonds. The van der Waals surface area contributed by atoms with E-state index in [0.717, 1.165) is 22.3 Å². The fourth-order valence-corrected chi connectivity index (χ4v) is 3.49. The Kier molecular flexibility index (Phi) is 5.70. The smallest absolute Gasteiger partial charge is 0.407 e. The number of nitrogens with one attached hydrogen (secondary N) is 2. The molecule has 6 heteroatoms.